The normalized spacial score (nSPS) is 10.6. The molecule has 1 rings (SSSR count). The Morgan fingerprint density at radius 1 is 1.00 bits per heavy atom. The van der Waals surface area contributed by atoms with E-state index < -0.39 is 0 Å². The highest BCUT2D eigenvalue weighted by atomic mass is 16.5. The van der Waals surface area contributed by atoms with Gasteiger partial charge in [-0.3, -0.25) is 0 Å². The van der Waals surface area contributed by atoms with Crippen molar-refractivity contribution >= 4 is 0 Å². The van der Waals surface area contributed by atoms with Crippen molar-refractivity contribution in [2.75, 3.05) is 20.2 Å². The molecule has 0 aliphatic rings. The molecule has 0 aliphatic heterocycles. The van der Waals surface area contributed by atoms with Crippen LogP contribution in [0.25, 0.3) is 0 Å². The van der Waals surface area contributed by atoms with Gasteiger partial charge < -0.3 is 10.1 Å². The SMILES string of the molecule is CCCCCCCCNCCc1cccc(OC)c1. The Balaban J connectivity index is 1.98. The first kappa shape index (κ1) is 16.0. The molecule has 0 heterocycles. The van der Waals surface area contributed by atoms with Gasteiger partial charge in [-0.15, -0.1) is 0 Å². The van der Waals surface area contributed by atoms with Gasteiger partial charge in [-0.1, -0.05) is 51.2 Å². The largest absolute Gasteiger partial charge is 0.497 e. The molecule has 0 amide bonds. The highest BCUT2D eigenvalue weighted by Gasteiger charge is 1.96. The van der Waals surface area contributed by atoms with E-state index in [-0.39, 0.29) is 0 Å². The summed E-state index contributed by atoms with van der Waals surface area (Å²) in [6.07, 6.45) is 9.27. The molecule has 19 heavy (non-hydrogen) atoms. The number of hydrogen-bond acceptors (Lipinski definition) is 2. The van der Waals surface area contributed by atoms with Crippen LogP contribution in [0.2, 0.25) is 0 Å². The zero-order chi connectivity index (χ0) is 13.8. The molecule has 0 atom stereocenters. The van der Waals surface area contributed by atoms with Gasteiger partial charge in [-0.2, -0.15) is 0 Å². The summed E-state index contributed by atoms with van der Waals surface area (Å²) < 4.78 is 5.23. The standard InChI is InChI=1S/C17H29NO/c1-3-4-5-6-7-8-13-18-14-12-16-10-9-11-17(15-16)19-2/h9-11,15,18H,3-8,12-14H2,1-2H3. The first-order valence-corrected chi connectivity index (χ1v) is 7.70. The first-order chi connectivity index (χ1) is 9.36. The third kappa shape index (κ3) is 7.89. The summed E-state index contributed by atoms with van der Waals surface area (Å²) in [5.41, 5.74) is 1.34. The van der Waals surface area contributed by atoms with E-state index in [4.69, 9.17) is 4.74 Å². The van der Waals surface area contributed by atoms with Gasteiger partial charge in [-0.05, 0) is 43.6 Å². The number of unbranched alkanes of at least 4 members (excludes halogenated alkanes) is 5. The van der Waals surface area contributed by atoms with Crippen molar-refractivity contribution in [3.63, 3.8) is 0 Å². The molecular weight excluding hydrogens is 234 g/mol. The van der Waals surface area contributed by atoms with Crippen LogP contribution in [0, 0.1) is 0 Å². The Kier molecular flexibility index (Phi) is 9.17. The molecule has 108 valence electrons. The number of methoxy groups -OCH3 is 1. The number of nitrogens with one attached hydrogen (secondary N) is 1. The third-order valence-corrected chi connectivity index (χ3v) is 3.43. The van der Waals surface area contributed by atoms with Crippen LogP contribution in [0.1, 0.15) is 51.0 Å². The van der Waals surface area contributed by atoms with Crippen molar-refractivity contribution < 1.29 is 4.74 Å². The minimum atomic E-state index is 0.952. The summed E-state index contributed by atoms with van der Waals surface area (Å²) >= 11 is 0. The van der Waals surface area contributed by atoms with Crippen molar-refractivity contribution in [3.05, 3.63) is 29.8 Å². The predicted molar refractivity (Wildman–Crippen MR) is 82.9 cm³/mol. The minimum absolute atomic E-state index is 0.952. The molecule has 0 bridgehead atoms. The highest BCUT2D eigenvalue weighted by molar-refractivity contribution is 5.28. The fourth-order valence-corrected chi connectivity index (χ4v) is 2.22. The topological polar surface area (TPSA) is 21.3 Å². The molecule has 0 fully saturated rings. The van der Waals surface area contributed by atoms with Gasteiger partial charge in [0.05, 0.1) is 7.11 Å². The number of benzene rings is 1. The second-order valence-electron chi connectivity index (χ2n) is 5.12. The number of ether oxygens (including phenoxy) is 1. The van der Waals surface area contributed by atoms with Crippen LogP contribution in [0.15, 0.2) is 24.3 Å². The maximum Gasteiger partial charge on any atom is 0.119 e. The monoisotopic (exact) mass is 263 g/mol. The van der Waals surface area contributed by atoms with Crippen LogP contribution in [0.3, 0.4) is 0 Å². The molecule has 0 unspecified atom stereocenters. The summed E-state index contributed by atoms with van der Waals surface area (Å²) in [5.74, 6) is 0.952. The van der Waals surface area contributed by atoms with E-state index in [0.29, 0.717) is 0 Å². The van der Waals surface area contributed by atoms with E-state index in [1.807, 2.05) is 6.07 Å². The van der Waals surface area contributed by atoms with Crippen LogP contribution in [0.4, 0.5) is 0 Å². The molecular formula is C17H29NO. The molecule has 0 aromatic heterocycles. The molecule has 2 heteroatoms. The quantitative estimate of drug-likeness (QED) is 0.604. The molecule has 1 aromatic carbocycles. The lowest BCUT2D eigenvalue weighted by molar-refractivity contribution is 0.414. The highest BCUT2D eigenvalue weighted by Crippen LogP contribution is 2.12. The van der Waals surface area contributed by atoms with Crippen LogP contribution < -0.4 is 10.1 Å². The van der Waals surface area contributed by atoms with Gasteiger partial charge in [-0.25, -0.2) is 0 Å². The Hall–Kier alpha value is -1.02. The van der Waals surface area contributed by atoms with E-state index in [1.54, 1.807) is 7.11 Å². The Bertz CT molecular complexity index is 325. The van der Waals surface area contributed by atoms with Gasteiger partial charge in [0.15, 0.2) is 0 Å². The third-order valence-electron chi connectivity index (χ3n) is 3.43. The lowest BCUT2D eigenvalue weighted by atomic mass is 10.1. The number of hydrogen-bond donors (Lipinski definition) is 1. The molecule has 0 aliphatic carbocycles. The van der Waals surface area contributed by atoms with Crippen molar-refractivity contribution in [3.8, 4) is 5.75 Å². The molecule has 1 aromatic rings. The second kappa shape index (κ2) is 10.9. The van der Waals surface area contributed by atoms with Crippen LogP contribution in [-0.4, -0.2) is 20.2 Å². The van der Waals surface area contributed by atoms with Crippen LogP contribution >= 0.6 is 0 Å². The van der Waals surface area contributed by atoms with Crippen molar-refractivity contribution in [1.82, 2.24) is 5.32 Å². The molecule has 0 radical (unpaired) electrons. The molecule has 0 spiro atoms. The molecule has 2 nitrogen and oxygen atoms in total. The number of rotatable bonds is 11. The summed E-state index contributed by atoms with van der Waals surface area (Å²) in [7, 11) is 1.72. The average Bonchev–Trinajstić information content (AvgIpc) is 2.46. The maximum absolute atomic E-state index is 5.23. The fourth-order valence-electron chi connectivity index (χ4n) is 2.22. The van der Waals surface area contributed by atoms with Crippen LogP contribution in [-0.2, 0) is 6.42 Å². The molecule has 0 saturated heterocycles. The zero-order valence-corrected chi connectivity index (χ0v) is 12.6. The van der Waals surface area contributed by atoms with E-state index >= 15 is 0 Å². The van der Waals surface area contributed by atoms with Gasteiger partial charge in [0, 0.05) is 0 Å². The lowest BCUT2D eigenvalue weighted by Gasteiger charge is -2.06. The summed E-state index contributed by atoms with van der Waals surface area (Å²) in [6, 6.07) is 8.33. The lowest BCUT2D eigenvalue weighted by Crippen LogP contribution is -2.18. The Labute approximate surface area is 118 Å². The van der Waals surface area contributed by atoms with Crippen molar-refractivity contribution in [2.45, 2.75) is 51.9 Å². The van der Waals surface area contributed by atoms with Crippen molar-refractivity contribution in [1.29, 1.82) is 0 Å². The Morgan fingerprint density at radius 2 is 1.79 bits per heavy atom. The van der Waals surface area contributed by atoms with E-state index in [2.05, 4.69) is 30.4 Å². The predicted octanol–water partition coefficient (Wildman–Crippen LogP) is 4.19. The van der Waals surface area contributed by atoms with Gasteiger partial charge in [0.2, 0.25) is 0 Å². The van der Waals surface area contributed by atoms with Crippen molar-refractivity contribution in [2.24, 2.45) is 0 Å². The maximum atomic E-state index is 5.23. The van der Waals surface area contributed by atoms with E-state index in [1.165, 1.54) is 44.1 Å². The van der Waals surface area contributed by atoms with Gasteiger partial charge in [0.25, 0.3) is 0 Å². The van der Waals surface area contributed by atoms with Gasteiger partial charge in [0.1, 0.15) is 5.75 Å². The zero-order valence-electron chi connectivity index (χ0n) is 12.6. The molecule has 0 saturated carbocycles. The fraction of sp³-hybridized carbons (Fsp3) is 0.647. The van der Waals surface area contributed by atoms with E-state index in [9.17, 15) is 0 Å². The summed E-state index contributed by atoms with van der Waals surface area (Å²) in [4.78, 5) is 0. The Morgan fingerprint density at radius 3 is 2.58 bits per heavy atom. The van der Waals surface area contributed by atoms with Crippen LogP contribution in [0.5, 0.6) is 5.75 Å². The summed E-state index contributed by atoms with van der Waals surface area (Å²) in [5, 5.41) is 3.52. The molecule has 1 N–H and O–H groups in total. The second-order valence-corrected chi connectivity index (χ2v) is 5.12. The minimum Gasteiger partial charge on any atom is -0.497 e. The van der Waals surface area contributed by atoms with Gasteiger partial charge >= 0.3 is 0 Å². The summed E-state index contributed by atoms with van der Waals surface area (Å²) in [6.45, 7) is 4.47. The average molecular weight is 263 g/mol. The first-order valence-electron chi connectivity index (χ1n) is 7.70. The van der Waals surface area contributed by atoms with E-state index in [0.717, 1.165) is 25.3 Å². The smallest absolute Gasteiger partial charge is 0.119 e.